The second kappa shape index (κ2) is 6.64. The van der Waals surface area contributed by atoms with E-state index in [1.54, 1.807) is 6.07 Å². The summed E-state index contributed by atoms with van der Waals surface area (Å²) in [6.45, 7) is 6.04. The van der Waals surface area contributed by atoms with Gasteiger partial charge in [0.25, 0.3) is 0 Å². The molecule has 0 saturated heterocycles. The molecule has 0 aromatic heterocycles. The van der Waals surface area contributed by atoms with E-state index in [4.69, 9.17) is 0 Å². The third-order valence-corrected chi connectivity index (χ3v) is 6.50. The van der Waals surface area contributed by atoms with Crippen LogP contribution in [0.1, 0.15) is 38.9 Å². The Morgan fingerprint density at radius 3 is 1.55 bits per heavy atom. The molecule has 5 rings (SSSR count). The smallest absolute Gasteiger partial charge is 0.157 e. The molecule has 154 valence electrons. The molecule has 0 fully saturated rings. The van der Waals surface area contributed by atoms with E-state index in [-0.39, 0.29) is 17.2 Å². The summed E-state index contributed by atoms with van der Waals surface area (Å²) < 4.78 is 0. The molecule has 3 N–H and O–H groups in total. The zero-order valence-electron chi connectivity index (χ0n) is 17.8. The number of phenolic OH excluding ortho intramolecular Hbond substituents is 3. The quantitative estimate of drug-likeness (QED) is 0.310. The van der Waals surface area contributed by atoms with Crippen LogP contribution in [0.4, 0.5) is 0 Å². The lowest BCUT2D eigenvalue weighted by Gasteiger charge is -2.34. The van der Waals surface area contributed by atoms with Gasteiger partial charge in [-0.3, -0.25) is 0 Å². The summed E-state index contributed by atoms with van der Waals surface area (Å²) in [5, 5.41) is 31.0. The van der Waals surface area contributed by atoms with Crippen LogP contribution in [0.5, 0.6) is 17.2 Å². The number of aryl methyl sites for hydroxylation is 3. The van der Waals surface area contributed by atoms with Gasteiger partial charge in [0.05, 0.1) is 5.41 Å². The Labute approximate surface area is 181 Å². The third kappa shape index (κ3) is 2.66. The first-order valence-corrected chi connectivity index (χ1v) is 10.4. The molecule has 1 aliphatic rings. The summed E-state index contributed by atoms with van der Waals surface area (Å²) in [6.07, 6.45) is 0. The number of benzene rings is 4. The fourth-order valence-electron chi connectivity index (χ4n) is 4.95. The van der Waals surface area contributed by atoms with Crippen molar-refractivity contribution in [3.8, 4) is 28.4 Å². The monoisotopic (exact) mass is 408 g/mol. The molecule has 0 aliphatic heterocycles. The molecule has 0 spiro atoms. The van der Waals surface area contributed by atoms with Gasteiger partial charge < -0.3 is 15.3 Å². The topological polar surface area (TPSA) is 60.7 Å². The average Bonchev–Trinajstić information content (AvgIpc) is 3.02. The molecule has 3 heteroatoms. The lowest BCUT2D eigenvalue weighted by atomic mass is 9.67. The van der Waals surface area contributed by atoms with E-state index < -0.39 is 5.41 Å². The Balaban J connectivity index is 1.98. The highest BCUT2D eigenvalue weighted by molar-refractivity contribution is 5.87. The van der Waals surface area contributed by atoms with Gasteiger partial charge >= 0.3 is 0 Å². The van der Waals surface area contributed by atoms with E-state index in [1.165, 1.54) is 17.2 Å². The first-order chi connectivity index (χ1) is 14.8. The standard InChI is InChI=1S/C28H24O3/c1-16-4-9-23-21(12-16)22-13-17(2)5-10-24(22)28(23,19-7-6-18(3)26(30)14-19)20-8-11-25(29)27(31)15-20/h4-15,29-31H,1-3H3. The normalized spacial score (nSPS) is 13.6. The Morgan fingerprint density at radius 1 is 0.516 bits per heavy atom. The van der Waals surface area contributed by atoms with Crippen LogP contribution in [0.2, 0.25) is 0 Å². The third-order valence-electron chi connectivity index (χ3n) is 6.50. The molecule has 0 heterocycles. The minimum absolute atomic E-state index is 0.156. The molecule has 0 bridgehead atoms. The first-order valence-electron chi connectivity index (χ1n) is 10.4. The van der Waals surface area contributed by atoms with E-state index in [1.807, 2.05) is 31.2 Å². The van der Waals surface area contributed by atoms with Gasteiger partial charge in [-0.2, -0.15) is 0 Å². The number of fused-ring (bicyclic) bond motifs is 3. The van der Waals surface area contributed by atoms with Crippen molar-refractivity contribution in [3.63, 3.8) is 0 Å². The van der Waals surface area contributed by atoms with Crippen molar-refractivity contribution in [2.75, 3.05) is 0 Å². The Hall–Kier alpha value is -3.72. The lowest BCUT2D eigenvalue weighted by molar-refractivity contribution is 0.402. The fourth-order valence-corrected chi connectivity index (χ4v) is 4.95. The van der Waals surface area contributed by atoms with E-state index in [0.29, 0.717) is 0 Å². The van der Waals surface area contributed by atoms with E-state index >= 15 is 0 Å². The van der Waals surface area contributed by atoms with Gasteiger partial charge in [-0.25, -0.2) is 0 Å². The molecule has 0 atom stereocenters. The Morgan fingerprint density at radius 2 is 1.03 bits per heavy atom. The van der Waals surface area contributed by atoms with Crippen molar-refractivity contribution in [3.05, 3.63) is 112 Å². The predicted octanol–water partition coefficient (Wildman–Crippen LogP) is 6.09. The van der Waals surface area contributed by atoms with Crippen molar-refractivity contribution in [1.29, 1.82) is 0 Å². The van der Waals surface area contributed by atoms with Crippen LogP contribution in [-0.2, 0) is 5.41 Å². The van der Waals surface area contributed by atoms with Crippen LogP contribution >= 0.6 is 0 Å². The van der Waals surface area contributed by atoms with Gasteiger partial charge in [-0.15, -0.1) is 0 Å². The van der Waals surface area contributed by atoms with Crippen molar-refractivity contribution in [1.82, 2.24) is 0 Å². The molecule has 0 amide bonds. The Kier molecular flexibility index (Phi) is 4.13. The van der Waals surface area contributed by atoms with Gasteiger partial charge in [0.2, 0.25) is 0 Å². The molecule has 4 aromatic carbocycles. The number of hydrogen-bond donors (Lipinski definition) is 3. The minimum atomic E-state index is -0.734. The second-order valence-electron chi connectivity index (χ2n) is 8.55. The molecular weight excluding hydrogens is 384 g/mol. The first kappa shape index (κ1) is 19.3. The van der Waals surface area contributed by atoms with Gasteiger partial charge in [-0.1, -0.05) is 65.7 Å². The summed E-state index contributed by atoms with van der Waals surface area (Å²) in [7, 11) is 0. The zero-order chi connectivity index (χ0) is 21.9. The SMILES string of the molecule is Cc1ccc2c(c1)-c1cc(C)ccc1C2(c1ccc(C)c(O)c1)c1ccc(O)c(O)c1. The summed E-state index contributed by atoms with van der Waals surface area (Å²) >= 11 is 0. The molecular formula is C28H24O3. The number of phenols is 3. The highest BCUT2D eigenvalue weighted by Crippen LogP contribution is 2.57. The van der Waals surface area contributed by atoms with Crippen LogP contribution in [0, 0.1) is 20.8 Å². The summed E-state index contributed by atoms with van der Waals surface area (Å²) in [5.74, 6) is -0.0894. The van der Waals surface area contributed by atoms with Crippen LogP contribution in [0.15, 0.2) is 72.8 Å². The number of rotatable bonds is 2. The maximum absolute atomic E-state index is 10.6. The van der Waals surface area contributed by atoms with Crippen LogP contribution in [-0.4, -0.2) is 15.3 Å². The van der Waals surface area contributed by atoms with Crippen LogP contribution in [0.25, 0.3) is 11.1 Å². The number of aromatic hydroxyl groups is 3. The van der Waals surface area contributed by atoms with Crippen molar-refractivity contribution >= 4 is 0 Å². The second-order valence-corrected chi connectivity index (χ2v) is 8.55. The molecule has 31 heavy (non-hydrogen) atoms. The van der Waals surface area contributed by atoms with Crippen molar-refractivity contribution in [2.24, 2.45) is 0 Å². The van der Waals surface area contributed by atoms with E-state index in [0.717, 1.165) is 38.9 Å². The molecule has 0 saturated carbocycles. The maximum Gasteiger partial charge on any atom is 0.157 e. The summed E-state index contributed by atoms with van der Waals surface area (Å²) in [5.41, 5.74) is 8.62. The lowest BCUT2D eigenvalue weighted by Crippen LogP contribution is -2.28. The zero-order valence-corrected chi connectivity index (χ0v) is 17.8. The van der Waals surface area contributed by atoms with E-state index in [2.05, 4.69) is 50.2 Å². The molecule has 4 aromatic rings. The van der Waals surface area contributed by atoms with E-state index in [9.17, 15) is 15.3 Å². The van der Waals surface area contributed by atoms with Crippen molar-refractivity contribution in [2.45, 2.75) is 26.2 Å². The summed E-state index contributed by atoms with van der Waals surface area (Å²) in [4.78, 5) is 0. The molecule has 0 unspecified atom stereocenters. The minimum Gasteiger partial charge on any atom is -0.508 e. The highest BCUT2D eigenvalue weighted by atomic mass is 16.3. The summed E-state index contributed by atoms with van der Waals surface area (Å²) in [6, 6.07) is 23.7. The number of hydrogen-bond acceptors (Lipinski definition) is 3. The van der Waals surface area contributed by atoms with Crippen LogP contribution in [0.3, 0.4) is 0 Å². The average molecular weight is 408 g/mol. The molecule has 1 aliphatic carbocycles. The van der Waals surface area contributed by atoms with Crippen LogP contribution < -0.4 is 0 Å². The largest absolute Gasteiger partial charge is 0.508 e. The molecule has 0 radical (unpaired) electrons. The van der Waals surface area contributed by atoms with Gasteiger partial charge in [0.1, 0.15) is 5.75 Å². The Bertz CT molecular complexity index is 1250. The van der Waals surface area contributed by atoms with Crippen molar-refractivity contribution < 1.29 is 15.3 Å². The maximum atomic E-state index is 10.6. The predicted molar refractivity (Wildman–Crippen MR) is 123 cm³/mol. The van der Waals surface area contributed by atoms with Gasteiger partial charge in [0, 0.05) is 0 Å². The fraction of sp³-hybridized carbons (Fsp3) is 0.143. The van der Waals surface area contributed by atoms with Gasteiger partial charge in [0.15, 0.2) is 11.5 Å². The highest BCUT2D eigenvalue weighted by Gasteiger charge is 2.46. The van der Waals surface area contributed by atoms with Gasteiger partial charge in [-0.05, 0) is 77.9 Å². The molecule has 3 nitrogen and oxygen atoms in total.